The Morgan fingerprint density at radius 1 is 1.12 bits per heavy atom. The van der Waals surface area contributed by atoms with Crippen molar-refractivity contribution in [3.8, 4) is 17.1 Å². The number of rotatable bonds is 6. The second-order valence-electron chi connectivity index (χ2n) is 5.01. The average Bonchev–Trinajstić information content (AvgIpc) is 2.96. The van der Waals surface area contributed by atoms with Crippen LogP contribution in [0.4, 0.5) is 0 Å². The quantitative estimate of drug-likeness (QED) is 0.531. The van der Waals surface area contributed by atoms with Gasteiger partial charge in [0.1, 0.15) is 5.75 Å². The van der Waals surface area contributed by atoms with E-state index in [1.807, 2.05) is 55.5 Å². The lowest BCUT2D eigenvalue weighted by Gasteiger charge is -2.06. The number of thioether (sulfide) groups is 1. The van der Waals surface area contributed by atoms with E-state index in [4.69, 9.17) is 22.2 Å². The first-order valence-electron chi connectivity index (χ1n) is 7.49. The third-order valence-electron chi connectivity index (χ3n) is 3.40. The fourth-order valence-electron chi connectivity index (χ4n) is 2.20. The molecule has 0 bridgehead atoms. The van der Waals surface area contributed by atoms with E-state index in [0.717, 1.165) is 21.9 Å². The number of hydrogen-bond donors (Lipinski definition) is 1. The minimum Gasteiger partial charge on any atom is -0.494 e. The average molecular weight is 361 g/mol. The number of ether oxygens (including phenoxy) is 1. The zero-order valence-corrected chi connectivity index (χ0v) is 14.7. The van der Waals surface area contributed by atoms with E-state index in [9.17, 15) is 0 Å². The molecular formula is C17H17ClN4OS. The van der Waals surface area contributed by atoms with Gasteiger partial charge in [0.2, 0.25) is 5.16 Å². The highest BCUT2D eigenvalue weighted by molar-refractivity contribution is 7.98. The first-order chi connectivity index (χ1) is 11.7. The summed E-state index contributed by atoms with van der Waals surface area (Å²) in [4.78, 5) is 0. The topological polar surface area (TPSA) is 66.0 Å². The fourth-order valence-corrected chi connectivity index (χ4v) is 3.34. The summed E-state index contributed by atoms with van der Waals surface area (Å²) in [5, 5.41) is 9.74. The van der Waals surface area contributed by atoms with Gasteiger partial charge < -0.3 is 10.6 Å². The summed E-state index contributed by atoms with van der Waals surface area (Å²) in [6.07, 6.45) is 0. The number of halogens is 1. The van der Waals surface area contributed by atoms with Crippen LogP contribution in [-0.4, -0.2) is 21.5 Å². The number of aromatic nitrogens is 3. The molecule has 7 heteroatoms. The molecule has 0 aliphatic rings. The van der Waals surface area contributed by atoms with E-state index in [1.54, 1.807) is 0 Å². The predicted molar refractivity (Wildman–Crippen MR) is 97.8 cm³/mol. The molecule has 0 unspecified atom stereocenters. The highest BCUT2D eigenvalue weighted by Crippen LogP contribution is 2.27. The lowest BCUT2D eigenvalue weighted by molar-refractivity contribution is 0.340. The van der Waals surface area contributed by atoms with Crippen LogP contribution < -0.4 is 10.6 Å². The van der Waals surface area contributed by atoms with Gasteiger partial charge in [-0.2, -0.15) is 0 Å². The molecule has 2 N–H and O–H groups in total. The summed E-state index contributed by atoms with van der Waals surface area (Å²) in [6, 6.07) is 15.3. The third-order valence-corrected chi connectivity index (χ3v) is 4.76. The van der Waals surface area contributed by atoms with E-state index in [0.29, 0.717) is 23.3 Å². The van der Waals surface area contributed by atoms with Crippen LogP contribution in [0.1, 0.15) is 12.5 Å². The van der Waals surface area contributed by atoms with Crippen molar-refractivity contribution >= 4 is 23.4 Å². The van der Waals surface area contributed by atoms with Gasteiger partial charge in [-0.25, -0.2) is 4.68 Å². The zero-order chi connectivity index (χ0) is 16.9. The molecule has 1 heterocycles. The van der Waals surface area contributed by atoms with Crippen molar-refractivity contribution in [2.24, 2.45) is 0 Å². The largest absolute Gasteiger partial charge is 0.494 e. The Labute approximate surface area is 149 Å². The van der Waals surface area contributed by atoms with Crippen molar-refractivity contribution in [3.05, 3.63) is 59.1 Å². The van der Waals surface area contributed by atoms with Gasteiger partial charge in [0, 0.05) is 16.3 Å². The molecule has 124 valence electrons. The maximum atomic E-state index is 6.17. The van der Waals surface area contributed by atoms with E-state index < -0.39 is 0 Å². The third kappa shape index (κ3) is 3.66. The van der Waals surface area contributed by atoms with Gasteiger partial charge >= 0.3 is 0 Å². The van der Waals surface area contributed by atoms with Gasteiger partial charge in [0.25, 0.3) is 0 Å². The van der Waals surface area contributed by atoms with Crippen molar-refractivity contribution in [1.29, 1.82) is 0 Å². The molecule has 0 spiro atoms. The SMILES string of the molecule is CCOc1ccc(-c2nnc(SCc3ccccc3Cl)n2N)cc1. The Hall–Kier alpha value is -2.18. The molecule has 2 aromatic carbocycles. The monoisotopic (exact) mass is 360 g/mol. The summed E-state index contributed by atoms with van der Waals surface area (Å²) in [5.74, 6) is 8.25. The molecule has 0 aliphatic carbocycles. The van der Waals surface area contributed by atoms with E-state index in [1.165, 1.54) is 16.4 Å². The van der Waals surface area contributed by atoms with Crippen molar-refractivity contribution in [3.63, 3.8) is 0 Å². The molecular weight excluding hydrogens is 344 g/mol. The minimum absolute atomic E-state index is 0.611. The van der Waals surface area contributed by atoms with Crippen LogP contribution in [-0.2, 0) is 5.75 Å². The predicted octanol–water partition coefficient (Wildman–Crippen LogP) is 4.00. The van der Waals surface area contributed by atoms with Gasteiger partial charge in [-0.3, -0.25) is 0 Å². The molecule has 3 aromatic rings. The molecule has 0 saturated carbocycles. The number of nitrogens with zero attached hydrogens (tertiary/aromatic N) is 3. The van der Waals surface area contributed by atoms with Crippen LogP contribution in [0.2, 0.25) is 5.02 Å². The molecule has 3 rings (SSSR count). The first kappa shape index (κ1) is 16.7. The number of nitrogen functional groups attached to an aromatic ring is 1. The van der Waals surface area contributed by atoms with Gasteiger partial charge in [0.15, 0.2) is 5.82 Å². The van der Waals surface area contributed by atoms with Crippen LogP contribution in [0.3, 0.4) is 0 Å². The molecule has 1 aromatic heterocycles. The standard InChI is InChI=1S/C17H17ClN4OS/c1-2-23-14-9-7-12(8-10-14)16-20-21-17(22(16)19)24-11-13-5-3-4-6-15(13)18/h3-10H,2,11,19H2,1H3. The highest BCUT2D eigenvalue weighted by atomic mass is 35.5. The Bertz CT molecular complexity index is 820. The second-order valence-corrected chi connectivity index (χ2v) is 6.36. The van der Waals surface area contributed by atoms with Crippen molar-refractivity contribution in [2.45, 2.75) is 17.8 Å². The van der Waals surface area contributed by atoms with Crippen LogP contribution in [0.25, 0.3) is 11.4 Å². The Kier molecular flexibility index (Phi) is 5.27. The zero-order valence-electron chi connectivity index (χ0n) is 13.1. The maximum absolute atomic E-state index is 6.17. The van der Waals surface area contributed by atoms with Crippen LogP contribution in [0.15, 0.2) is 53.7 Å². The Morgan fingerprint density at radius 2 is 1.88 bits per heavy atom. The van der Waals surface area contributed by atoms with Crippen molar-refractivity contribution in [2.75, 3.05) is 12.4 Å². The first-order valence-corrected chi connectivity index (χ1v) is 8.85. The van der Waals surface area contributed by atoms with Gasteiger partial charge in [-0.1, -0.05) is 41.6 Å². The number of hydrogen-bond acceptors (Lipinski definition) is 5. The van der Waals surface area contributed by atoms with Crippen LogP contribution >= 0.6 is 23.4 Å². The fraction of sp³-hybridized carbons (Fsp3) is 0.176. The summed E-state index contributed by atoms with van der Waals surface area (Å²) in [7, 11) is 0. The molecule has 24 heavy (non-hydrogen) atoms. The lowest BCUT2D eigenvalue weighted by Crippen LogP contribution is -2.11. The van der Waals surface area contributed by atoms with Gasteiger partial charge in [-0.05, 0) is 42.8 Å². The van der Waals surface area contributed by atoms with E-state index in [-0.39, 0.29) is 0 Å². The molecule has 0 atom stereocenters. The molecule has 0 amide bonds. The minimum atomic E-state index is 0.611. The van der Waals surface area contributed by atoms with Crippen molar-refractivity contribution < 1.29 is 4.74 Å². The normalized spacial score (nSPS) is 10.8. The van der Waals surface area contributed by atoms with Gasteiger partial charge in [0.05, 0.1) is 6.61 Å². The lowest BCUT2D eigenvalue weighted by atomic mass is 10.2. The summed E-state index contributed by atoms with van der Waals surface area (Å²) >= 11 is 7.67. The van der Waals surface area contributed by atoms with E-state index in [2.05, 4.69) is 10.2 Å². The number of nitrogens with two attached hydrogens (primary N) is 1. The molecule has 0 radical (unpaired) electrons. The highest BCUT2D eigenvalue weighted by Gasteiger charge is 2.13. The smallest absolute Gasteiger partial charge is 0.210 e. The second kappa shape index (κ2) is 7.59. The van der Waals surface area contributed by atoms with Crippen LogP contribution in [0.5, 0.6) is 5.75 Å². The molecule has 0 saturated heterocycles. The summed E-state index contributed by atoms with van der Waals surface area (Å²) in [6.45, 7) is 2.59. The molecule has 0 aliphatic heterocycles. The van der Waals surface area contributed by atoms with Crippen LogP contribution in [0, 0.1) is 0 Å². The van der Waals surface area contributed by atoms with E-state index >= 15 is 0 Å². The summed E-state index contributed by atoms with van der Waals surface area (Å²) < 4.78 is 6.94. The van der Waals surface area contributed by atoms with Gasteiger partial charge in [-0.15, -0.1) is 10.2 Å². The Balaban J connectivity index is 1.75. The molecule has 0 fully saturated rings. The Morgan fingerprint density at radius 3 is 2.58 bits per heavy atom. The summed E-state index contributed by atoms with van der Waals surface area (Å²) in [5.41, 5.74) is 1.92. The van der Waals surface area contributed by atoms with Crippen molar-refractivity contribution in [1.82, 2.24) is 14.9 Å². The maximum Gasteiger partial charge on any atom is 0.210 e. The number of benzene rings is 2. The molecule has 5 nitrogen and oxygen atoms in total.